The molecule has 0 radical (unpaired) electrons. The molecule has 0 bridgehead atoms. The summed E-state index contributed by atoms with van der Waals surface area (Å²) >= 11 is 0. The number of pyridine rings is 1. The van der Waals surface area contributed by atoms with Gasteiger partial charge in [-0.25, -0.2) is 4.79 Å². The summed E-state index contributed by atoms with van der Waals surface area (Å²) in [5.74, 6) is -0.678. The van der Waals surface area contributed by atoms with Gasteiger partial charge in [0.1, 0.15) is 0 Å². The number of benzene rings is 1. The molecule has 1 saturated carbocycles. The summed E-state index contributed by atoms with van der Waals surface area (Å²) in [5, 5.41) is 9.33. The monoisotopic (exact) mass is 283 g/mol. The number of nitrogens with zero attached hydrogens (tertiary/aromatic N) is 1. The van der Waals surface area contributed by atoms with Crippen LogP contribution in [0.5, 0.6) is 0 Å². The Bertz CT molecular complexity index is 762. The summed E-state index contributed by atoms with van der Waals surface area (Å²) in [5.41, 5.74) is 2.41. The average Bonchev–Trinajstić information content (AvgIpc) is 3.18. The highest BCUT2D eigenvalue weighted by atomic mass is 16.4. The minimum Gasteiger partial charge on any atom is -0.478 e. The van der Waals surface area contributed by atoms with E-state index in [-0.39, 0.29) is 17.2 Å². The van der Waals surface area contributed by atoms with Gasteiger partial charge in [-0.05, 0) is 31.4 Å². The first kappa shape index (κ1) is 13.6. The van der Waals surface area contributed by atoms with Crippen molar-refractivity contribution in [3.8, 4) is 0 Å². The van der Waals surface area contributed by atoms with Crippen LogP contribution in [0.3, 0.4) is 0 Å². The van der Waals surface area contributed by atoms with Crippen LogP contribution in [-0.4, -0.2) is 15.6 Å². The molecule has 0 amide bonds. The number of rotatable bonds is 3. The van der Waals surface area contributed by atoms with Crippen LogP contribution in [0.1, 0.15) is 45.6 Å². The molecule has 1 aliphatic rings. The summed E-state index contributed by atoms with van der Waals surface area (Å²) in [7, 11) is 0. The number of aryl methyl sites for hydroxylation is 1. The first-order chi connectivity index (χ1) is 10.0. The maximum absolute atomic E-state index is 12.3. The highest BCUT2D eigenvalue weighted by molar-refractivity contribution is 5.90. The maximum atomic E-state index is 12.3. The van der Waals surface area contributed by atoms with Crippen LogP contribution >= 0.6 is 0 Å². The number of carbonyl (C=O) groups is 1. The van der Waals surface area contributed by atoms with Gasteiger partial charge < -0.3 is 9.67 Å². The van der Waals surface area contributed by atoms with E-state index in [1.807, 2.05) is 18.2 Å². The summed E-state index contributed by atoms with van der Waals surface area (Å²) < 4.78 is 1.65. The lowest BCUT2D eigenvalue weighted by Gasteiger charge is -2.14. The zero-order valence-corrected chi connectivity index (χ0v) is 12.0. The summed E-state index contributed by atoms with van der Waals surface area (Å²) in [6, 6.07) is 11.5. The molecule has 1 aromatic heterocycles. The molecule has 1 fully saturated rings. The number of carboxylic acid groups (broad SMARTS) is 1. The van der Waals surface area contributed by atoms with Gasteiger partial charge in [0.05, 0.1) is 5.56 Å². The first-order valence-electron chi connectivity index (χ1n) is 7.01. The number of hydrogen-bond acceptors (Lipinski definition) is 2. The summed E-state index contributed by atoms with van der Waals surface area (Å²) in [6.07, 6.45) is 0.882. The predicted molar refractivity (Wildman–Crippen MR) is 80.0 cm³/mol. The third-order valence-corrected chi connectivity index (χ3v) is 4.22. The molecule has 0 saturated heterocycles. The van der Waals surface area contributed by atoms with E-state index in [1.165, 1.54) is 11.6 Å². The topological polar surface area (TPSA) is 59.3 Å². The van der Waals surface area contributed by atoms with Crippen molar-refractivity contribution in [2.45, 2.75) is 32.2 Å². The Kier molecular flexibility index (Phi) is 3.16. The van der Waals surface area contributed by atoms with Crippen molar-refractivity contribution in [1.82, 2.24) is 4.57 Å². The smallest absolute Gasteiger partial charge is 0.337 e. The normalized spacial score (nSPS) is 20.3. The summed E-state index contributed by atoms with van der Waals surface area (Å²) in [6.45, 7) is 3.39. The van der Waals surface area contributed by atoms with Gasteiger partial charge in [-0.2, -0.15) is 0 Å². The van der Waals surface area contributed by atoms with E-state index in [4.69, 9.17) is 0 Å². The van der Waals surface area contributed by atoms with Gasteiger partial charge in [-0.15, -0.1) is 0 Å². The van der Waals surface area contributed by atoms with Crippen LogP contribution < -0.4 is 5.56 Å². The van der Waals surface area contributed by atoms with Crippen LogP contribution in [-0.2, 0) is 0 Å². The molecule has 2 aromatic rings. The van der Waals surface area contributed by atoms with Crippen LogP contribution in [0.2, 0.25) is 0 Å². The van der Waals surface area contributed by atoms with Crippen LogP contribution in [0, 0.1) is 13.8 Å². The number of aromatic carboxylic acids is 1. The van der Waals surface area contributed by atoms with Crippen LogP contribution in [0.15, 0.2) is 41.2 Å². The Morgan fingerprint density at radius 1 is 1.24 bits per heavy atom. The molecule has 1 aliphatic carbocycles. The third kappa shape index (κ3) is 2.27. The lowest BCUT2D eigenvalue weighted by molar-refractivity contribution is 0.0694. The van der Waals surface area contributed by atoms with E-state index in [0.29, 0.717) is 17.2 Å². The number of aromatic nitrogens is 1. The molecule has 21 heavy (non-hydrogen) atoms. The van der Waals surface area contributed by atoms with E-state index >= 15 is 0 Å². The Hall–Kier alpha value is -2.36. The largest absolute Gasteiger partial charge is 0.478 e. The van der Waals surface area contributed by atoms with E-state index in [2.05, 4.69) is 12.1 Å². The van der Waals surface area contributed by atoms with Crippen molar-refractivity contribution in [3.63, 3.8) is 0 Å². The molecule has 108 valence electrons. The molecule has 1 N–H and O–H groups in total. The molecule has 2 atom stereocenters. The van der Waals surface area contributed by atoms with Crippen molar-refractivity contribution in [2.24, 2.45) is 0 Å². The van der Waals surface area contributed by atoms with Crippen molar-refractivity contribution in [2.75, 3.05) is 0 Å². The second-order valence-electron chi connectivity index (χ2n) is 5.62. The van der Waals surface area contributed by atoms with Gasteiger partial charge in [-0.1, -0.05) is 30.3 Å². The molecule has 0 aliphatic heterocycles. The molecule has 4 heteroatoms. The Morgan fingerprint density at radius 2 is 1.90 bits per heavy atom. The highest BCUT2D eigenvalue weighted by Crippen LogP contribution is 2.51. The Balaban J connectivity index is 2.04. The molecular weight excluding hydrogens is 266 g/mol. The fraction of sp³-hybridized carbons (Fsp3) is 0.294. The lowest BCUT2D eigenvalue weighted by Crippen LogP contribution is -2.25. The number of carboxylic acids is 1. The van der Waals surface area contributed by atoms with Gasteiger partial charge in [0, 0.05) is 23.7 Å². The minimum atomic E-state index is -0.976. The zero-order valence-electron chi connectivity index (χ0n) is 12.0. The predicted octanol–water partition coefficient (Wildman–Crippen LogP) is 2.89. The van der Waals surface area contributed by atoms with Gasteiger partial charge in [0.15, 0.2) is 0 Å². The SMILES string of the molecule is Cc1cc(=O)n(C2CC2c2ccccc2)c(C)c1C(=O)O. The molecule has 0 spiro atoms. The van der Waals surface area contributed by atoms with Crippen molar-refractivity contribution in [1.29, 1.82) is 0 Å². The average molecular weight is 283 g/mol. The Morgan fingerprint density at radius 3 is 2.52 bits per heavy atom. The standard InChI is InChI=1S/C17H17NO3/c1-10-8-15(19)18(11(2)16(10)17(20)21)14-9-13(14)12-6-4-3-5-7-12/h3-8,13-14H,9H2,1-2H3,(H,20,21). The molecule has 1 aromatic carbocycles. The molecule has 3 rings (SSSR count). The second kappa shape index (κ2) is 4.88. The van der Waals surface area contributed by atoms with Gasteiger partial charge in [0.25, 0.3) is 5.56 Å². The van der Waals surface area contributed by atoms with E-state index in [9.17, 15) is 14.7 Å². The number of hydrogen-bond donors (Lipinski definition) is 1. The molecular formula is C17H17NO3. The van der Waals surface area contributed by atoms with Gasteiger partial charge in [0.2, 0.25) is 0 Å². The van der Waals surface area contributed by atoms with Crippen LogP contribution in [0.25, 0.3) is 0 Å². The van der Waals surface area contributed by atoms with Gasteiger partial charge in [-0.3, -0.25) is 4.79 Å². The van der Waals surface area contributed by atoms with Crippen LogP contribution in [0.4, 0.5) is 0 Å². The second-order valence-corrected chi connectivity index (χ2v) is 5.62. The van der Waals surface area contributed by atoms with Crippen molar-refractivity contribution < 1.29 is 9.90 Å². The highest BCUT2D eigenvalue weighted by Gasteiger charge is 2.41. The first-order valence-corrected chi connectivity index (χ1v) is 7.01. The maximum Gasteiger partial charge on any atom is 0.337 e. The molecule has 2 unspecified atom stereocenters. The molecule has 1 heterocycles. The quantitative estimate of drug-likeness (QED) is 0.942. The zero-order chi connectivity index (χ0) is 15.1. The van der Waals surface area contributed by atoms with Crippen molar-refractivity contribution >= 4 is 5.97 Å². The minimum absolute atomic E-state index is 0.0681. The van der Waals surface area contributed by atoms with Crippen molar-refractivity contribution in [3.05, 3.63) is 69.1 Å². The molecule has 4 nitrogen and oxygen atoms in total. The van der Waals surface area contributed by atoms with Gasteiger partial charge >= 0.3 is 5.97 Å². The van der Waals surface area contributed by atoms with E-state index in [1.54, 1.807) is 18.4 Å². The fourth-order valence-corrected chi connectivity index (χ4v) is 3.16. The summed E-state index contributed by atoms with van der Waals surface area (Å²) in [4.78, 5) is 23.6. The fourth-order valence-electron chi connectivity index (χ4n) is 3.16. The van der Waals surface area contributed by atoms with E-state index < -0.39 is 5.97 Å². The van der Waals surface area contributed by atoms with E-state index in [0.717, 1.165) is 6.42 Å². The Labute approximate surface area is 122 Å². The lowest BCUT2D eigenvalue weighted by atomic mass is 10.1. The third-order valence-electron chi connectivity index (χ3n) is 4.22.